The van der Waals surface area contributed by atoms with Crippen molar-refractivity contribution < 1.29 is 45.6 Å². The molecule has 20 heavy (non-hydrogen) atoms. The van der Waals surface area contributed by atoms with Crippen LogP contribution in [0.1, 0.15) is 20.8 Å². The van der Waals surface area contributed by atoms with E-state index in [0.717, 1.165) is 0 Å². The molecule has 0 heterocycles. The lowest BCUT2D eigenvalue weighted by Gasteiger charge is -2.23. The standard InChI is InChI=1S/C12H20O6P.BrH/c1-5-6-19(7-16-10(2)13,8-17-11(3)14)9-18-12(4)15;/h5H,1,6-9H2,2-4H3;1H/q+1;/p-1. The molecule has 0 spiro atoms. The molecule has 0 bridgehead atoms. The molecular weight excluding hydrogens is 351 g/mol. The molecule has 6 nitrogen and oxygen atoms in total. The highest BCUT2D eigenvalue weighted by Crippen LogP contribution is 2.58. The van der Waals surface area contributed by atoms with Crippen LogP contribution >= 0.6 is 7.26 Å². The van der Waals surface area contributed by atoms with Crippen LogP contribution in [0.5, 0.6) is 0 Å². The molecule has 0 aliphatic carbocycles. The molecule has 0 aromatic carbocycles. The van der Waals surface area contributed by atoms with Gasteiger partial charge in [-0.3, -0.25) is 14.4 Å². The monoisotopic (exact) mass is 370 g/mol. The van der Waals surface area contributed by atoms with Gasteiger partial charge in [0.15, 0.2) is 0 Å². The third-order valence-electron chi connectivity index (χ3n) is 2.14. The highest BCUT2D eigenvalue weighted by Gasteiger charge is 2.41. The van der Waals surface area contributed by atoms with E-state index in [-0.39, 0.29) is 36.0 Å². The summed E-state index contributed by atoms with van der Waals surface area (Å²) in [4.78, 5) is 32.8. The van der Waals surface area contributed by atoms with Gasteiger partial charge in [0.05, 0.1) is 6.16 Å². The Kier molecular flexibility index (Phi) is 11.5. The summed E-state index contributed by atoms with van der Waals surface area (Å²) in [5, 5.41) is 0. The van der Waals surface area contributed by atoms with Gasteiger partial charge in [0.2, 0.25) is 19.0 Å². The Morgan fingerprint density at radius 2 is 1.20 bits per heavy atom. The van der Waals surface area contributed by atoms with Crippen LogP contribution in [0.4, 0.5) is 0 Å². The van der Waals surface area contributed by atoms with Crippen LogP contribution in [0.15, 0.2) is 12.7 Å². The molecule has 0 radical (unpaired) electrons. The minimum Gasteiger partial charge on any atom is -1.00 e. The normalized spacial score (nSPS) is 9.95. The van der Waals surface area contributed by atoms with E-state index in [2.05, 4.69) is 6.58 Å². The van der Waals surface area contributed by atoms with E-state index >= 15 is 0 Å². The molecule has 0 rings (SSSR count). The minimum absolute atomic E-state index is 0. The Balaban J connectivity index is 0. The molecule has 0 saturated heterocycles. The zero-order valence-electron chi connectivity index (χ0n) is 11.9. The molecule has 116 valence electrons. The highest BCUT2D eigenvalue weighted by atomic mass is 79.9. The van der Waals surface area contributed by atoms with Crippen LogP contribution in [0.2, 0.25) is 0 Å². The molecule has 0 aliphatic rings. The number of hydrogen-bond acceptors (Lipinski definition) is 6. The van der Waals surface area contributed by atoms with Crippen LogP contribution in [0.3, 0.4) is 0 Å². The number of allylic oxidation sites excluding steroid dienone is 1. The topological polar surface area (TPSA) is 78.9 Å². The molecule has 0 saturated carbocycles. The fourth-order valence-corrected chi connectivity index (χ4v) is 3.68. The van der Waals surface area contributed by atoms with E-state index in [1.165, 1.54) is 20.8 Å². The SMILES string of the molecule is C=CC[P+](COC(C)=O)(COC(C)=O)COC(C)=O.[Br-]. The van der Waals surface area contributed by atoms with Crippen LogP contribution in [0, 0.1) is 0 Å². The number of halogens is 1. The van der Waals surface area contributed by atoms with Crippen molar-refractivity contribution in [1.82, 2.24) is 0 Å². The molecule has 0 aromatic heterocycles. The van der Waals surface area contributed by atoms with Crippen molar-refractivity contribution in [2.45, 2.75) is 20.8 Å². The summed E-state index contributed by atoms with van der Waals surface area (Å²) in [7, 11) is -2.11. The second kappa shape index (κ2) is 10.8. The van der Waals surface area contributed by atoms with Gasteiger partial charge in [-0.25, -0.2) is 0 Å². The van der Waals surface area contributed by atoms with Crippen LogP contribution in [0.25, 0.3) is 0 Å². The van der Waals surface area contributed by atoms with Gasteiger partial charge in [-0.05, 0) is 0 Å². The zero-order chi connectivity index (χ0) is 14.9. The molecular formula is C12H20BrO6P. The van der Waals surface area contributed by atoms with E-state index in [0.29, 0.717) is 6.16 Å². The Morgan fingerprint density at radius 3 is 1.40 bits per heavy atom. The van der Waals surface area contributed by atoms with Gasteiger partial charge in [-0.1, -0.05) is 12.7 Å². The van der Waals surface area contributed by atoms with Gasteiger partial charge < -0.3 is 31.2 Å². The first-order valence-corrected chi connectivity index (χ1v) is 8.20. The summed E-state index contributed by atoms with van der Waals surface area (Å²) in [5.74, 6) is -1.29. The van der Waals surface area contributed by atoms with Crippen molar-refractivity contribution in [1.29, 1.82) is 0 Å². The summed E-state index contributed by atoms with van der Waals surface area (Å²) < 4.78 is 15.0. The van der Waals surface area contributed by atoms with E-state index in [1.807, 2.05) is 0 Å². The maximum atomic E-state index is 10.9. The Hall–Kier alpha value is -0.940. The smallest absolute Gasteiger partial charge is 0.305 e. The molecule has 0 fully saturated rings. The van der Waals surface area contributed by atoms with Gasteiger partial charge in [0.25, 0.3) is 0 Å². The number of rotatable bonds is 8. The summed E-state index contributed by atoms with van der Waals surface area (Å²) >= 11 is 0. The third kappa shape index (κ3) is 9.92. The Morgan fingerprint density at radius 1 is 0.900 bits per heavy atom. The second-order valence-electron chi connectivity index (χ2n) is 4.11. The van der Waals surface area contributed by atoms with Crippen LogP contribution in [-0.2, 0) is 28.6 Å². The molecule has 0 aromatic rings. The second-order valence-corrected chi connectivity index (χ2v) is 7.93. The summed E-state index contributed by atoms with van der Waals surface area (Å²) in [6.07, 6.45) is 2.41. The van der Waals surface area contributed by atoms with Crippen LogP contribution < -0.4 is 17.0 Å². The van der Waals surface area contributed by atoms with Crippen molar-refractivity contribution in [3.63, 3.8) is 0 Å². The summed E-state index contributed by atoms with van der Waals surface area (Å²) in [6, 6.07) is 0. The predicted octanol–water partition coefficient (Wildman–Crippen LogP) is -1.24. The highest BCUT2D eigenvalue weighted by molar-refractivity contribution is 7.75. The number of ether oxygens (including phenoxy) is 3. The molecule has 0 amide bonds. The van der Waals surface area contributed by atoms with Crippen molar-refractivity contribution >= 4 is 25.2 Å². The summed E-state index contributed by atoms with van der Waals surface area (Å²) in [6.45, 7) is 7.51. The molecule has 0 unspecified atom stereocenters. The lowest BCUT2D eigenvalue weighted by atomic mass is 10.8. The Bertz CT molecular complexity index is 312. The number of carbonyl (C=O) groups excluding carboxylic acids is 3. The van der Waals surface area contributed by atoms with E-state index in [9.17, 15) is 14.4 Å². The van der Waals surface area contributed by atoms with Crippen molar-refractivity contribution in [3.05, 3.63) is 12.7 Å². The van der Waals surface area contributed by atoms with E-state index in [4.69, 9.17) is 14.2 Å². The molecule has 8 heteroatoms. The van der Waals surface area contributed by atoms with Gasteiger partial charge >= 0.3 is 17.9 Å². The van der Waals surface area contributed by atoms with Gasteiger partial charge in [0.1, 0.15) is 7.26 Å². The molecule has 0 atom stereocenters. The largest absolute Gasteiger partial charge is 1.00 e. The summed E-state index contributed by atoms with van der Waals surface area (Å²) in [5.41, 5.74) is 0. The molecule has 0 N–H and O–H groups in total. The first kappa shape index (κ1) is 21.4. The van der Waals surface area contributed by atoms with Gasteiger partial charge in [0, 0.05) is 20.8 Å². The average Bonchev–Trinajstić information content (AvgIpc) is 2.31. The first-order valence-electron chi connectivity index (χ1n) is 5.67. The Labute approximate surface area is 129 Å². The molecule has 0 aliphatic heterocycles. The number of carbonyl (C=O) groups is 3. The van der Waals surface area contributed by atoms with E-state index in [1.54, 1.807) is 6.08 Å². The first-order chi connectivity index (χ1) is 8.81. The zero-order valence-corrected chi connectivity index (χ0v) is 14.4. The fourth-order valence-electron chi connectivity index (χ4n) is 1.23. The quantitative estimate of drug-likeness (QED) is 0.230. The minimum atomic E-state index is -2.11. The lowest BCUT2D eigenvalue weighted by Crippen LogP contribution is -3.00. The van der Waals surface area contributed by atoms with Gasteiger partial charge in [-0.2, -0.15) is 0 Å². The maximum Gasteiger partial charge on any atom is 0.305 e. The lowest BCUT2D eigenvalue weighted by molar-refractivity contribution is -0.139. The van der Waals surface area contributed by atoms with Crippen molar-refractivity contribution in [3.8, 4) is 0 Å². The van der Waals surface area contributed by atoms with E-state index < -0.39 is 25.2 Å². The van der Waals surface area contributed by atoms with Gasteiger partial charge in [-0.15, -0.1) is 0 Å². The van der Waals surface area contributed by atoms with Crippen molar-refractivity contribution in [2.24, 2.45) is 0 Å². The number of hydrogen-bond donors (Lipinski definition) is 0. The van der Waals surface area contributed by atoms with Crippen molar-refractivity contribution in [2.75, 3.05) is 25.2 Å². The van der Waals surface area contributed by atoms with Crippen LogP contribution in [-0.4, -0.2) is 43.1 Å². The number of esters is 3. The fraction of sp³-hybridized carbons (Fsp3) is 0.583. The third-order valence-corrected chi connectivity index (χ3v) is 5.20. The predicted molar refractivity (Wildman–Crippen MR) is 71.9 cm³/mol. The maximum absolute atomic E-state index is 10.9. The average molecular weight is 371 g/mol.